The van der Waals surface area contributed by atoms with E-state index in [-0.39, 0.29) is 11.5 Å². The van der Waals surface area contributed by atoms with Crippen LogP contribution in [-0.4, -0.2) is 14.2 Å². The van der Waals surface area contributed by atoms with E-state index in [0.717, 1.165) is 12.8 Å². The summed E-state index contributed by atoms with van der Waals surface area (Å²) < 4.78 is 25.8. The minimum Gasteiger partial charge on any atom is -0.371 e. The van der Waals surface area contributed by atoms with Gasteiger partial charge in [0.25, 0.3) is 0 Å². The van der Waals surface area contributed by atoms with Crippen molar-refractivity contribution >= 4 is 16.1 Å². The van der Waals surface area contributed by atoms with Crippen molar-refractivity contribution in [1.29, 1.82) is 0 Å². The molecule has 94 valence electrons. The molecular formula is C11H15NO4S. The minimum atomic E-state index is -4.01. The highest BCUT2D eigenvalue weighted by atomic mass is 32.2. The van der Waals surface area contributed by atoms with Gasteiger partial charge in [0.15, 0.2) is 5.78 Å². The molecule has 0 saturated carbocycles. The molecule has 0 heterocycles. The predicted octanol–water partition coefficient (Wildman–Crippen LogP) is 1.64. The molecule has 1 aromatic rings. The van der Waals surface area contributed by atoms with E-state index in [1.54, 1.807) is 0 Å². The van der Waals surface area contributed by atoms with Gasteiger partial charge in [-0.15, -0.1) is 0 Å². The molecule has 0 aliphatic heterocycles. The zero-order valence-electron chi connectivity index (χ0n) is 9.55. The lowest BCUT2D eigenvalue weighted by atomic mass is 10.1. The molecule has 0 bridgehead atoms. The van der Waals surface area contributed by atoms with E-state index in [1.165, 1.54) is 24.3 Å². The Morgan fingerprint density at radius 2 is 1.88 bits per heavy atom. The topological polar surface area (TPSA) is 86.5 Å². The van der Waals surface area contributed by atoms with Gasteiger partial charge >= 0.3 is 10.3 Å². The molecule has 0 aliphatic carbocycles. The number of carbonyl (C=O) groups excluding carboxylic acids is 1. The van der Waals surface area contributed by atoms with Crippen LogP contribution in [0.4, 0.5) is 0 Å². The first kappa shape index (κ1) is 13.7. The second-order valence-electron chi connectivity index (χ2n) is 3.63. The van der Waals surface area contributed by atoms with Crippen LogP contribution in [0.3, 0.4) is 0 Å². The summed E-state index contributed by atoms with van der Waals surface area (Å²) in [5.74, 6) is 0.133. The molecule has 0 atom stereocenters. The predicted molar refractivity (Wildman–Crippen MR) is 64.0 cm³/mol. The van der Waals surface area contributed by atoms with Crippen molar-refractivity contribution in [2.24, 2.45) is 5.14 Å². The fourth-order valence-corrected chi connectivity index (χ4v) is 1.69. The monoisotopic (exact) mass is 257 g/mol. The zero-order chi connectivity index (χ0) is 12.9. The lowest BCUT2D eigenvalue weighted by molar-refractivity contribution is 0.0980. The third kappa shape index (κ3) is 4.97. The van der Waals surface area contributed by atoms with Gasteiger partial charge in [-0.2, -0.15) is 13.6 Å². The molecule has 0 fully saturated rings. The number of benzene rings is 1. The average Bonchev–Trinajstić information content (AvgIpc) is 2.24. The number of unbranched alkanes of at least 4 members (excludes halogenated alkanes) is 1. The summed E-state index contributed by atoms with van der Waals surface area (Å²) in [6.45, 7) is 2.01. The van der Waals surface area contributed by atoms with Crippen LogP contribution in [0.5, 0.6) is 5.75 Å². The first-order chi connectivity index (χ1) is 7.92. The number of hydrogen-bond acceptors (Lipinski definition) is 4. The Morgan fingerprint density at radius 1 is 1.29 bits per heavy atom. The van der Waals surface area contributed by atoms with Crippen LogP contribution >= 0.6 is 0 Å². The van der Waals surface area contributed by atoms with Gasteiger partial charge in [0.2, 0.25) is 0 Å². The van der Waals surface area contributed by atoms with Gasteiger partial charge in [0.1, 0.15) is 5.75 Å². The molecule has 0 radical (unpaired) electrons. The van der Waals surface area contributed by atoms with Crippen molar-refractivity contribution in [3.05, 3.63) is 29.8 Å². The summed E-state index contributed by atoms with van der Waals surface area (Å²) in [6.07, 6.45) is 2.29. The Kier molecular flexibility index (Phi) is 4.65. The van der Waals surface area contributed by atoms with Crippen molar-refractivity contribution in [2.75, 3.05) is 0 Å². The fourth-order valence-electron chi connectivity index (χ4n) is 1.31. The molecular weight excluding hydrogens is 242 g/mol. The van der Waals surface area contributed by atoms with Gasteiger partial charge in [-0.3, -0.25) is 4.79 Å². The lowest BCUT2D eigenvalue weighted by Crippen LogP contribution is -2.18. The Labute approximate surface area is 101 Å². The van der Waals surface area contributed by atoms with Gasteiger partial charge < -0.3 is 4.18 Å². The first-order valence-corrected chi connectivity index (χ1v) is 6.75. The molecule has 1 rings (SSSR count). The van der Waals surface area contributed by atoms with Gasteiger partial charge in [0, 0.05) is 12.0 Å². The summed E-state index contributed by atoms with van der Waals surface area (Å²) in [5, 5.41) is 4.71. The molecule has 2 N–H and O–H groups in total. The van der Waals surface area contributed by atoms with Crippen LogP contribution in [0.1, 0.15) is 36.5 Å². The van der Waals surface area contributed by atoms with Gasteiger partial charge in [0.05, 0.1) is 0 Å². The maximum atomic E-state index is 11.6. The van der Waals surface area contributed by atoms with Crippen LogP contribution in [0.25, 0.3) is 0 Å². The molecule has 0 amide bonds. The molecule has 0 spiro atoms. The summed E-state index contributed by atoms with van der Waals surface area (Å²) in [6, 6.07) is 5.87. The first-order valence-electron chi connectivity index (χ1n) is 5.28. The summed E-state index contributed by atoms with van der Waals surface area (Å²) in [4.78, 5) is 11.6. The SMILES string of the molecule is CCCCC(=O)c1ccc(OS(N)(=O)=O)cc1. The van der Waals surface area contributed by atoms with Crippen LogP contribution in [0.2, 0.25) is 0 Å². The van der Waals surface area contributed by atoms with Gasteiger partial charge in [-0.05, 0) is 30.7 Å². The zero-order valence-corrected chi connectivity index (χ0v) is 10.4. The molecule has 0 saturated heterocycles. The second-order valence-corrected chi connectivity index (χ2v) is 4.78. The van der Waals surface area contributed by atoms with Crippen molar-refractivity contribution in [3.63, 3.8) is 0 Å². The molecule has 0 unspecified atom stereocenters. The van der Waals surface area contributed by atoms with E-state index in [1.807, 2.05) is 6.92 Å². The Bertz CT molecular complexity index is 479. The van der Waals surface area contributed by atoms with Gasteiger partial charge in [-0.25, -0.2) is 0 Å². The normalized spacial score (nSPS) is 11.2. The highest BCUT2D eigenvalue weighted by Gasteiger charge is 2.07. The summed E-state index contributed by atoms with van der Waals surface area (Å²) >= 11 is 0. The number of carbonyl (C=O) groups is 1. The minimum absolute atomic E-state index is 0.0361. The third-order valence-corrected chi connectivity index (χ3v) is 2.57. The van der Waals surface area contributed by atoms with Crippen LogP contribution in [-0.2, 0) is 10.3 Å². The van der Waals surface area contributed by atoms with E-state index in [9.17, 15) is 13.2 Å². The average molecular weight is 257 g/mol. The largest absolute Gasteiger partial charge is 0.380 e. The van der Waals surface area contributed by atoms with Crippen LogP contribution < -0.4 is 9.32 Å². The number of rotatable bonds is 6. The van der Waals surface area contributed by atoms with E-state index in [4.69, 9.17) is 5.14 Å². The van der Waals surface area contributed by atoms with Crippen molar-refractivity contribution in [3.8, 4) is 5.75 Å². The van der Waals surface area contributed by atoms with Crippen LogP contribution in [0, 0.1) is 0 Å². The molecule has 6 heteroatoms. The highest BCUT2D eigenvalue weighted by Crippen LogP contribution is 2.15. The number of hydrogen-bond donors (Lipinski definition) is 1. The smallest absolute Gasteiger partial charge is 0.371 e. The van der Waals surface area contributed by atoms with E-state index in [0.29, 0.717) is 12.0 Å². The highest BCUT2D eigenvalue weighted by molar-refractivity contribution is 7.84. The Hall–Kier alpha value is -1.40. The van der Waals surface area contributed by atoms with Crippen LogP contribution in [0.15, 0.2) is 24.3 Å². The van der Waals surface area contributed by atoms with Crippen molar-refractivity contribution < 1.29 is 17.4 Å². The van der Waals surface area contributed by atoms with Crippen molar-refractivity contribution in [1.82, 2.24) is 0 Å². The Balaban J connectivity index is 2.71. The third-order valence-electron chi connectivity index (χ3n) is 2.15. The fraction of sp³-hybridized carbons (Fsp3) is 0.364. The standard InChI is InChI=1S/C11H15NO4S/c1-2-3-4-11(13)9-5-7-10(8-6-9)16-17(12,14)15/h5-8H,2-4H2,1H3,(H2,12,14,15). The maximum Gasteiger partial charge on any atom is 0.380 e. The number of ketones is 1. The summed E-state index contributed by atoms with van der Waals surface area (Å²) in [7, 11) is -4.01. The molecule has 1 aromatic carbocycles. The summed E-state index contributed by atoms with van der Waals surface area (Å²) in [5.41, 5.74) is 0.542. The molecule has 0 aromatic heterocycles. The van der Waals surface area contributed by atoms with E-state index < -0.39 is 10.3 Å². The van der Waals surface area contributed by atoms with Gasteiger partial charge in [-0.1, -0.05) is 13.3 Å². The van der Waals surface area contributed by atoms with E-state index >= 15 is 0 Å². The molecule has 0 aliphatic rings. The maximum absolute atomic E-state index is 11.6. The lowest BCUT2D eigenvalue weighted by Gasteiger charge is -2.03. The second kappa shape index (κ2) is 5.79. The molecule has 5 nitrogen and oxygen atoms in total. The molecule has 17 heavy (non-hydrogen) atoms. The number of nitrogens with two attached hydrogens (primary N) is 1. The quantitative estimate of drug-likeness (QED) is 0.785. The Morgan fingerprint density at radius 3 is 2.35 bits per heavy atom. The number of Topliss-reactive ketones (excluding diaryl/α,β-unsaturated/α-hetero) is 1. The van der Waals surface area contributed by atoms with E-state index in [2.05, 4.69) is 4.18 Å². The van der Waals surface area contributed by atoms with Crippen molar-refractivity contribution in [2.45, 2.75) is 26.2 Å².